The molecule has 0 aliphatic heterocycles. The van der Waals surface area contributed by atoms with Crippen molar-refractivity contribution in [2.24, 2.45) is 11.3 Å². The maximum Gasteiger partial charge on any atom is 0.573 e. The standard InChI is InChI=1S/C30H32F3N3OS/c1-20-15-23(18-29(2,3)17-20)36-27-14-13-25(38-19-21-7-5-4-6-8-21)16-26(27)35-28(36)34-22-9-11-24(12-10-22)37-30(31,32)33/h4-14,16,20,23H,15,17-19H2,1-3H3,(H,34,35)/t20-,23+/m1/s1. The Bertz CT molecular complexity index is 1380. The van der Waals surface area contributed by atoms with Crippen molar-refractivity contribution in [1.29, 1.82) is 0 Å². The maximum atomic E-state index is 12.6. The molecule has 0 spiro atoms. The summed E-state index contributed by atoms with van der Waals surface area (Å²) in [5, 5.41) is 3.38. The topological polar surface area (TPSA) is 39.1 Å². The Morgan fingerprint density at radius 1 is 1.03 bits per heavy atom. The number of nitrogens with one attached hydrogen (secondary N) is 1. The molecule has 1 aliphatic rings. The van der Waals surface area contributed by atoms with Gasteiger partial charge in [0.15, 0.2) is 0 Å². The number of alkyl halides is 3. The molecule has 0 radical (unpaired) electrons. The Morgan fingerprint density at radius 3 is 2.45 bits per heavy atom. The van der Waals surface area contributed by atoms with Gasteiger partial charge in [-0.1, -0.05) is 51.1 Å². The van der Waals surface area contributed by atoms with Crippen molar-refractivity contribution in [3.8, 4) is 5.75 Å². The Hall–Kier alpha value is -3.13. The van der Waals surface area contributed by atoms with Gasteiger partial charge in [-0.25, -0.2) is 4.98 Å². The van der Waals surface area contributed by atoms with Crippen molar-refractivity contribution in [3.63, 3.8) is 0 Å². The number of thioether (sulfide) groups is 1. The lowest BCUT2D eigenvalue weighted by atomic mass is 9.70. The van der Waals surface area contributed by atoms with Crippen LogP contribution in [0.5, 0.6) is 5.75 Å². The van der Waals surface area contributed by atoms with Gasteiger partial charge < -0.3 is 14.6 Å². The minimum Gasteiger partial charge on any atom is -0.406 e. The summed E-state index contributed by atoms with van der Waals surface area (Å²) in [4.78, 5) is 6.12. The lowest BCUT2D eigenvalue weighted by Gasteiger charge is -2.40. The van der Waals surface area contributed by atoms with Gasteiger partial charge >= 0.3 is 6.36 Å². The van der Waals surface area contributed by atoms with Gasteiger partial charge in [0, 0.05) is 22.4 Å². The molecule has 1 fully saturated rings. The largest absolute Gasteiger partial charge is 0.573 e. The average molecular weight is 540 g/mol. The number of nitrogens with zero attached hydrogens (tertiary/aromatic N) is 2. The van der Waals surface area contributed by atoms with E-state index in [1.54, 1.807) is 23.9 Å². The van der Waals surface area contributed by atoms with Crippen LogP contribution in [0.25, 0.3) is 11.0 Å². The first kappa shape index (κ1) is 26.5. The van der Waals surface area contributed by atoms with E-state index in [1.165, 1.54) is 24.1 Å². The number of aromatic nitrogens is 2. The molecule has 38 heavy (non-hydrogen) atoms. The SMILES string of the molecule is C[C@@H]1C[C@H](n2c(Nc3ccc(OC(F)(F)F)cc3)nc3cc(SCc4ccccc4)ccc32)CC(C)(C)C1. The molecule has 1 saturated carbocycles. The van der Waals surface area contributed by atoms with E-state index in [-0.39, 0.29) is 17.2 Å². The second kappa shape index (κ2) is 10.6. The number of imidazole rings is 1. The third kappa shape index (κ3) is 6.46. The van der Waals surface area contributed by atoms with Crippen molar-refractivity contribution >= 4 is 34.4 Å². The highest BCUT2D eigenvalue weighted by Gasteiger charge is 2.35. The van der Waals surface area contributed by atoms with E-state index in [4.69, 9.17) is 4.98 Å². The van der Waals surface area contributed by atoms with Crippen molar-refractivity contribution in [2.75, 3.05) is 5.32 Å². The lowest BCUT2D eigenvalue weighted by Crippen LogP contribution is -2.29. The zero-order valence-electron chi connectivity index (χ0n) is 21.8. The number of fused-ring (bicyclic) bond motifs is 1. The van der Waals surface area contributed by atoms with Crippen LogP contribution in [-0.4, -0.2) is 15.9 Å². The minimum atomic E-state index is -4.72. The van der Waals surface area contributed by atoms with Crippen LogP contribution in [0, 0.1) is 11.3 Å². The fourth-order valence-corrected chi connectivity index (χ4v) is 6.61. The third-order valence-corrected chi connectivity index (χ3v) is 8.05. The molecule has 1 aromatic heterocycles. The van der Waals surface area contributed by atoms with Crippen LogP contribution < -0.4 is 10.1 Å². The van der Waals surface area contributed by atoms with Crippen molar-refractivity contribution in [2.45, 2.75) is 63.1 Å². The molecule has 1 aliphatic carbocycles. The fraction of sp³-hybridized carbons (Fsp3) is 0.367. The van der Waals surface area contributed by atoms with Gasteiger partial charge in [0.2, 0.25) is 5.95 Å². The fourth-order valence-electron chi connectivity index (χ4n) is 5.73. The first-order valence-corrected chi connectivity index (χ1v) is 13.8. The number of hydrogen-bond acceptors (Lipinski definition) is 4. The second-order valence-corrected chi connectivity index (χ2v) is 12.0. The summed E-state index contributed by atoms with van der Waals surface area (Å²) < 4.78 is 44.1. The smallest absolute Gasteiger partial charge is 0.406 e. The number of ether oxygens (including phenoxy) is 1. The molecule has 200 valence electrons. The summed E-state index contributed by atoms with van der Waals surface area (Å²) in [7, 11) is 0. The van der Waals surface area contributed by atoms with Crippen LogP contribution in [0.15, 0.2) is 77.7 Å². The molecule has 3 aromatic carbocycles. The van der Waals surface area contributed by atoms with Gasteiger partial charge in [0.25, 0.3) is 0 Å². The van der Waals surface area contributed by atoms with Crippen LogP contribution in [0.1, 0.15) is 51.6 Å². The molecule has 0 saturated heterocycles. The minimum absolute atomic E-state index is 0.207. The predicted molar refractivity (Wildman–Crippen MR) is 148 cm³/mol. The number of rotatable bonds is 7. The summed E-state index contributed by atoms with van der Waals surface area (Å²) in [6.45, 7) is 6.94. The second-order valence-electron chi connectivity index (χ2n) is 11.0. The molecule has 0 unspecified atom stereocenters. The van der Waals surface area contributed by atoms with Gasteiger partial charge in [-0.15, -0.1) is 24.9 Å². The average Bonchev–Trinajstić information content (AvgIpc) is 3.19. The molecular weight excluding hydrogens is 507 g/mol. The highest BCUT2D eigenvalue weighted by atomic mass is 32.2. The molecule has 4 nitrogen and oxygen atoms in total. The molecule has 1 heterocycles. The Kier molecular flexibility index (Phi) is 7.36. The summed E-state index contributed by atoms with van der Waals surface area (Å²) in [5.41, 5.74) is 4.08. The monoisotopic (exact) mass is 539 g/mol. The van der Waals surface area contributed by atoms with Crippen LogP contribution in [0.2, 0.25) is 0 Å². The van der Waals surface area contributed by atoms with E-state index in [0.29, 0.717) is 17.6 Å². The van der Waals surface area contributed by atoms with Crippen LogP contribution >= 0.6 is 11.8 Å². The quantitative estimate of drug-likeness (QED) is 0.238. The van der Waals surface area contributed by atoms with E-state index in [9.17, 15) is 13.2 Å². The third-order valence-electron chi connectivity index (χ3n) is 6.98. The molecule has 4 aromatic rings. The van der Waals surface area contributed by atoms with Gasteiger partial charge in [-0.3, -0.25) is 0 Å². The Labute approximate surface area is 225 Å². The molecule has 2 atom stereocenters. The number of hydrogen-bond donors (Lipinski definition) is 1. The maximum absolute atomic E-state index is 12.6. The molecule has 5 rings (SSSR count). The Morgan fingerprint density at radius 2 is 1.76 bits per heavy atom. The molecule has 0 bridgehead atoms. The number of benzene rings is 3. The summed E-state index contributed by atoms with van der Waals surface area (Å²) >= 11 is 1.77. The highest BCUT2D eigenvalue weighted by Crippen LogP contribution is 2.46. The lowest BCUT2D eigenvalue weighted by molar-refractivity contribution is -0.274. The van der Waals surface area contributed by atoms with E-state index in [2.05, 4.69) is 65.7 Å². The molecule has 8 heteroatoms. The van der Waals surface area contributed by atoms with Crippen molar-refractivity contribution < 1.29 is 17.9 Å². The summed E-state index contributed by atoms with van der Waals surface area (Å²) in [6, 6.07) is 22.8. The van der Waals surface area contributed by atoms with E-state index < -0.39 is 6.36 Å². The Balaban J connectivity index is 1.46. The summed E-state index contributed by atoms with van der Waals surface area (Å²) in [5.74, 6) is 1.90. The number of anilines is 2. The van der Waals surface area contributed by atoms with Crippen molar-refractivity contribution in [1.82, 2.24) is 9.55 Å². The first-order valence-electron chi connectivity index (χ1n) is 12.9. The molecule has 1 N–H and O–H groups in total. The summed E-state index contributed by atoms with van der Waals surface area (Å²) in [6.07, 6.45) is -1.46. The van der Waals surface area contributed by atoms with Gasteiger partial charge in [-0.2, -0.15) is 0 Å². The van der Waals surface area contributed by atoms with E-state index in [1.807, 2.05) is 18.2 Å². The number of halogens is 3. The zero-order valence-corrected chi connectivity index (χ0v) is 22.6. The normalized spacial score (nSPS) is 19.4. The highest BCUT2D eigenvalue weighted by molar-refractivity contribution is 7.98. The first-order chi connectivity index (χ1) is 18.0. The van der Waals surface area contributed by atoms with E-state index in [0.717, 1.165) is 34.5 Å². The molecular formula is C30H32F3N3OS. The van der Waals surface area contributed by atoms with Crippen molar-refractivity contribution in [3.05, 3.63) is 78.4 Å². The van der Waals surface area contributed by atoms with Crippen LogP contribution in [0.3, 0.4) is 0 Å². The van der Waals surface area contributed by atoms with Gasteiger partial charge in [0.1, 0.15) is 5.75 Å². The predicted octanol–water partition coefficient (Wildman–Crippen LogP) is 9.36. The van der Waals surface area contributed by atoms with Gasteiger partial charge in [0.05, 0.1) is 11.0 Å². The van der Waals surface area contributed by atoms with Gasteiger partial charge in [-0.05, 0) is 78.6 Å². The zero-order chi connectivity index (χ0) is 26.9. The van der Waals surface area contributed by atoms with E-state index >= 15 is 0 Å². The van der Waals surface area contributed by atoms with Crippen LogP contribution in [0.4, 0.5) is 24.8 Å². The molecule has 0 amide bonds. The van der Waals surface area contributed by atoms with Crippen LogP contribution in [-0.2, 0) is 5.75 Å².